The van der Waals surface area contributed by atoms with Gasteiger partial charge in [0.1, 0.15) is 11.6 Å². The van der Waals surface area contributed by atoms with Gasteiger partial charge in [0.15, 0.2) is 0 Å². The number of nitrogens with one attached hydrogen (secondary N) is 1. The van der Waals surface area contributed by atoms with Gasteiger partial charge in [0.25, 0.3) is 0 Å². The van der Waals surface area contributed by atoms with Gasteiger partial charge in [-0.05, 0) is 50.8 Å². The third kappa shape index (κ3) is 3.89. The standard InChI is InChI=1S/C17H23F2N/c1-2-20-17(13-8-5-3-4-6-9-13)12-14-15(18)10-7-11-16(14)19/h7-8,10-11,17,20H,2-6,9,12H2,1H3. The molecule has 1 unspecified atom stereocenters. The van der Waals surface area contributed by atoms with Crippen molar-refractivity contribution in [3.05, 3.63) is 47.0 Å². The maximum atomic E-state index is 13.8. The van der Waals surface area contributed by atoms with Crippen LogP contribution in [-0.4, -0.2) is 12.6 Å². The van der Waals surface area contributed by atoms with Gasteiger partial charge < -0.3 is 5.32 Å². The number of halogens is 2. The van der Waals surface area contributed by atoms with Crippen LogP contribution < -0.4 is 5.32 Å². The van der Waals surface area contributed by atoms with Crippen LogP contribution in [0.3, 0.4) is 0 Å². The first-order valence-electron chi connectivity index (χ1n) is 7.57. The summed E-state index contributed by atoms with van der Waals surface area (Å²) in [4.78, 5) is 0. The third-order valence-electron chi connectivity index (χ3n) is 3.94. The fourth-order valence-electron chi connectivity index (χ4n) is 2.87. The van der Waals surface area contributed by atoms with E-state index in [1.165, 1.54) is 43.0 Å². The highest BCUT2D eigenvalue weighted by atomic mass is 19.1. The molecule has 1 N–H and O–H groups in total. The minimum Gasteiger partial charge on any atom is -0.310 e. The van der Waals surface area contributed by atoms with Crippen LogP contribution in [0.4, 0.5) is 8.78 Å². The topological polar surface area (TPSA) is 12.0 Å². The first-order chi connectivity index (χ1) is 9.72. The Labute approximate surface area is 120 Å². The molecule has 0 aliphatic heterocycles. The molecule has 1 aromatic carbocycles. The average Bonchev–Trinajstić information content (AvgIpc) is 2.71. The Bertz CT molecular complexity index is 448. The summed E-state index contributed by atoms with van der Waals surface area (Å²) >= 11 is 0. The number of rotatable bonds is 5. The van der Waals surface area contributed by atoms with E-state index < -0.39 is 11.6 Å². The van der Waals surface area contributed by atoms with E-state index in [-0.39, 0.29) is 11.6 Å². The van der Waals surface area contributed by atoms with Gasteiger partial charge in [0.2, 0.25) is 0 Å². The molecule has 1 aromatic rings. The van der Waals surface area contributed by atoms with Crippen molar-refractivity contribution in [1.82, 2.24) is 5.32 Å². The second-order valence-corrected chi connectivity index (χ2v) is 5.39. The van der Waals surface area contributed by atoms with Crippen LogP contribution in [0.2, 0.25) is 0 Å². The van der Waals surface area contributed by atoms with Gasteiger partial charge in [-0.3, -0.25) is 0 Å². The van der Waals surface area contributed by atoms with Gasteiger partial charge in [-0.15, -0.1) is 0 Å². The molecule has 1 aliphatic rings. The summed E-state index contributed by atoms with van der Waals surface area (Å²) in [7, 11) is 0. The first kappa shape index (κ1) is 15.2. The van der Waals surface area contributed by atoms with Crippen LogP contribution in [0.15, 0.2) is 29.8 Å². The molecule has 3 heteroatoms. The van der Waals surface area contributed by atoms with Crippen LogP contribution in [0.25, 0.3) is 0 Å². The van der Waals surface area contributed by atoms with E-state index in [4.69, 9.17) is 0 Å². The molecule has 0 heterocycles. The van der Waals surface area contributed by atoms with Crippen LogP contribution in [-0.2, 0) is 6.42 Å². The minimum absolute atomic E-state index is 0.0458. The van der Waals surface area contributed by atoms with Crippen LogP contribution in [0.5, 0.6) is 0 Å². The highest BCUT2D eigenvalue weighted by molar-refractivity contribution is 5.24. The maximum Gasteiger partial charge on any atom is 0.129 e. The van der Waals surface area contributed by atoms with Gasteiger partial charge in [0, 0.05) is 11.6 Å². The highest BCUT2D eigenvalue weighted by Crippen LogP contribution is 2.23. The van der Waals surface area contributed by atoms with E-state index in [0.29, 0.717) is 6.42 Å². The molecular formula is C17H23F2N. The van der Waals surface area contributed by atoms with Crippen molar-refractivity contribution < 1.29 is 8.78 Å². The Kier molecular flexibility index (Phi) is 5.72. The van der Waals surface area contributed by atoms with E-state index in [9.17, 15) is 8.78 Å². The van der Waals surface area contributed by atoms with E-state index >= 15 is 0 Å². The smallest absolute Gasteiger partial charge is 0.129 e. The van der Waals surface area contributed by atoms with E-state index in [1.807, 2.05) is 6.92 Å². The molecule has 110 valence electrons. The second-order valence-electron chi connectivity index (χ2n) is 5.39. The molecule has 1 atom stereocenters. The Morgan fingerprint density at radius 2 is 1.90 bits per heavy atom. The zero-order valence-electron chi connectivity index (χ0n) is 12.1. The summed E-state index contributed by atoms with van der Waals surface area (Å²) in [6.07, 6.45) is 8.40. The fourth-order valence-corrected chi connectivity index (χ4v) is 2.87. The predicted octanol–water partition coefficient (Wildman–Crippen LogP) is 4.38. The number of allylic oxidation sites excluding steroid dienone is 1. The van der Waals surface area contributed by atoms with E-state index in [2.05, 4.69) is 11.4 Å². The van der Waals surface area contributed by atoms with Crippen LogP contribution in [0.1, 0.15) is 44.6 Å². The normalized spacial score (nSPS) is 17.4. The number of likely N-dealkylation sites (N-methyl/N-ethyl adjacent to an activating group) is 1. The summed E-state index contributed by atoms with van der Waals surface area (Å²) in [5.41, 5.74) is 1.51. The molecule has 0 amide bonds. The zero-order chi connectivity index (χ0) is 14.4. The van der Waals surface area contributed by atoms with Gasteiger partial charge in [-0.1, -0.05) is 31.1 Å². The lowest BCUT2D eigenvalue weighted by atomic mass is 9.95. The number of hydrogen-bond donors (Lipinski definition) is 1. The monoisotopic (exact) mass is 279 g/mol. The molecule has 0 saturated carbocycles. The lowest BCUT2D eigenvalue weighted by Crippen LogP contribution is -2.33. The molecule has 1 aliphatic carbocycles. The van der Waals surface area contributed by atoms with Crippen molar-refractivity contribution in [2.45, 2.75) is 51.5 Å². The number of benzene rings is 1. The highest BCUT2D eigenvalue weighted by Gasteiger charge is 2.19. The molecule has 0 bridgehead atoms. The molecule has 0 fully saturated rings. The van der Waals surface area contributed by atoms with Crippen molar-refractivity contribution in [3.63, 3.8) is 0 Å². The van der Waals surface area contributed by atoms with Gasteiger partial charge in [-0.2, -0.15) is 0 Å². The molecular weight excluding hydrogens is 256 g/mol. The lowest BCUT2D eigenvalue weighted by Gasteiger charge is -2.22. The zero-order valence-corrected chi connectivity index (χ0v) is 12.1. The van der Waals surface area contributed by atoms with Crippen molar-refractivity contribution in [2.75, 3.05) is 6.54 Å². The summed E-state index contributed by atoms with van der Waals surface area (Å²) in [6.45, 7) is 2.83. The Morgan fingerprint density at radius 1 is 1.15 bits per heavy atom. The van der Waals surface area contributed by atoms with Gasteiger partial charge >= 0.3 is 0 Å². The summed E-state index contributed by atoms with van der Waals surface area (Å²) in [5, 5.41) is 3.38. The first-order valence-corrected chi connectivity index (χ1v) is 7.57. The number of hydrogen-bond acceptors (Lipinski definition) is 1. The largest absolute Gasteiger partial charge is 0.310 e. The molecule has 0 spiro atoms. The Hall–Kier alpha value is -1.22. The summed E-state index contributed by atoms with van der Waals surface area (Å²) in [5.74, 6) is -0.885. The Balaban J connectivity index is 2.18. The van der Waals surface area contributed by atoms with Crippen LogP contribution >= 0.6 is 0 Å². The second kappa shape index (κ2) is 7.53. The fraction of sp³-hybridized carbons (Fsp3) is 0.529. The summed E-state index contributed by atoms with van der Waals surface area (Å²) < 4.78 is 27.6. The van der Waals surface area contributed by atoms with Crippen molar-refractivity contribution >= 4 is 0 Å². The third-order valence-corrected chi connectivity index (χ3v) is 3.94. The van der Waals surface area contributed by atoms with E-state index in [1.54, 1.807) is 0 Å². The van der Waals surface area contributed by atoms with Crippen molar-refractivity contribution in [2.24, 2.45) is 0 Å². The quantitative estimate of drug-likeness (QED) is 0.789. The maximum absolute atomic E-state index is 13.8. The van der Waals surface area contributed by atoms with Crippen molar-refractivity contribution in [3.8, 4) is 0 Å². The minimum atomic E-state index is -0.442. The molecule has 0 radical (unpaired) electrons. The molecule has 0 aromatic heterocycles. The van der Waals surface area contributed by atoms with Gasteiger partial charge in [0.05, 0.1) is 0 Å². The molecule has 20 heavy (non-hydrogen) atoms. The molecule has 2 rings (SSSR count). The predicted molar refractivity (Wildman–Crippen MR) is 78.7 cm³/mol. The molecule has 0 saturated heterocycles. The van der Waals surface area contributed by atoms with E-state index in [0.717, 1.165) is 19.4 Å². The summed E-state index contributed by atoms with van der Waals surface area (Å²) in [6, 6.07) is 4.14. The molecule has 1 nitrogen and oxygen atoms in total. The van der Waals surface area contributed by atoms with Gasteiger partial charge in [-0.25, -0.2) is 8.78 Å². The SMILES string of the molecule is CCNC(Cc1c(F)cccc1F)C1=CCCCCC1. The lowest BCUT2D eigenvalue weighted by molar-refractivity contribution is 0.509. The Morgan fingerprint density at radius 3 is 2.60 bits per heavy atom. The van der Waals surface area contributed by atoms with Crippen LogP contribution in [0, 0.1) is 11.6 Å². The van der Waals surface area contributed by atoms with Crippen molar-refractivity contribution in [1.29, 1.82) is 0 Å². The average molecular weight is 279 g/mol.